The van der Waals surface area contributed by atoms with Crippen molar-refractivity contribution >= 4 is 28.1 Å². The Morgan fingerprint density at radius 3 is 2.86 bits per heavy atom. The summed E-state index contributed by atoms with van der Waals surface area (Å²) < 4.78 is 41.6. The first kappa shape index (κ1) is 21.0. The first-order valence-corrected chi connectivity index (χ1v) is 9.48. The van der Waals surface area contributed by atoms with Crippen LogP contribution in [0.4, 0.5) is 24.0 Å². The summed E-state index contributed by atoms with van der Waals surface area (Å²) in [4.78, 5) is 30.6. The maximum Gasteiger partial charge on any atom is 0.422 e. The van der Waals surface area contributed by atoms with Gasteiger partial charge in [-0.3, -0.25) is 25.1 Å². The number of likely N-dealkylation sites (N-methyl/N-ethyl adjacent to an activating group) is 1. The smallest absolute Gasteiger partial charge is 0.422 e. The van der Waals surface area contributed by atoms with Gasteiger partial charge in [0.1, 0.15) is 11.3 Å². The molecule has 0 fully saturated rings. The second kappa shape index (κ2) is 8.33. The zero-order chi connectivity index (χ0) is 21.2. The Morgan fingerprint density at radius 2 is 2.21 bits per heavy atom. The second-order valence-corrected chi connectivity index (χ2v) is 7.39. The number of amides is 1. The van der Waals surface area contributed by atoms with Gasteiger partial charge >= 0.3 is 6.18 Å². The third-order valence-electron chi connectivity index (χ3n) is 4.29. The lowest BCUT2D eigenvalue weighted by atomic mass is 10.1. The lowest BCUT2D eigenvalue weighted by Crippen LogP contribution is -2.29. The molecule has 0 unspecified atom stereocenters. The molecule has 1 aliphatic heterocycles. The van der Waals surface area contributed by atoms with Gasteiger partial charge in [0.2, 0.25) is 0 Å². The summed E-state index contributed by atoms with van der Waals surface area (Å²) in [5.74, 6) is -1.14. The molecule has 12 heteroatoms. The van der Waals surface area contributed by atoms with E-state index in [9.17, 15) is 28.1 Å². The van der Waals surface area contributed by atoms with Crippen LogP contribution in [0.1, 0.15) is 27.9 Å². The van der Waals surface area contributed by atoms with Gasteiger partial charge in [-0.2, -0.15) is 13.2 Å². The number of nitro benzene ring substituents is 1. The maximum absolute atomic E-state index is 12.6. The average molecular weight is 430 g/mol. The fraction of sp³-hybridized carbons (Fsp3) is 0.412. The Kier molecular flexibility index (Phi) is 6.03. The summed E-state index contributed by atoms with van der Waals surface area (Å²) in [5.41, 5.74) is -0.0786. The largest absolute Gasteiger partial charge is 0.484 e. The van der Waals surface area contributed by atoms with Crippen LogP contribution in [-0.2, 0) is 13.0 Å². The van der Waals surface area contributed by atoms with Gasteiger partial charge in [0, 0.05) is 30.5 Å². The van der Waals surface area contributed by atoms with Crippen molar-refractivity contribution in [3.63, 3.8) is 0 Å². The minimum Gasteiger partial charge on any atom is -0.484 e. The molecule has 0 aliphatic carbocycles. The van der Waals surface area contributed by atoms with E-state index >= 15 is 0 Å². The van der Waals surface area contributed by atoms with Crippen LogP contribution in [-0.4, -0.2) is 46.6 Å². The Morgan fingerprint density at radius 1 is 1.45 bits per heavy atom. The number of hydrogen-bond acceptors (Lipinski definition) is 7. The van der Waals surface area contributed by atoms with Gasteiger partial charge in [0.25, 0.3) is 11.6 Å². The topological polar surface area (TPSA) is 97.6 Å². The minimum absolute atomic E-state index is 0.286. The van der Waals surface area contributed by atoms with Crippen LogP contribution < -0.4 is 10.1 Å². The number of nitrogens with zero attached hydrogens (tertiary/aromatic N) is 3. The zero-order valence-electron chi connectivity index (χ0n) is 15.3. The molecule has 29 heavy (non-hydrogen) atoms. The zero-order valence-corrected chi connectivity index (χ0v) is 16.1. The number of hydrogen-bond donors (Lipinski definition) is 1. The van der Waals surface area contributed by atoms with E-state index in [0.717, 1.165) is 48.3 Å². The van der Waals surface area contributed by atoms with Crippen LogP contribution in [0, 0.1) is 10.1 Å². The number of fused-ring (bicyclic) bond motifs is 1. The number of anilines is 1. The van der Waals surface area contributed by atoms with E-state index in [1.807, 2.05) is 6.92 Å². The molecular weight excluding hydrogens is 413 g/mol. The summed E-state index contributed by atoms with van der Waals surface area (Å²) in [5, 5.41) is 14.0. The summed E-state index contributed by atoms with van der Waals surface area (Å²) in [6.07, 6.45) is -3.84. The molecule has 1 aromatic heterocycles. The normalized spacial score (nSPS) is 14.3. The number of halogens is 3. The van der Waals surface area contributed by atoms with E-state index in [-0.39, 0.29) is 10.9 Å². The molecule has 2 aromatic rings. The molecule has 8 nitrogen and oxygen atoms in total. The molecule has 1 aliphatic rings. The molecule has 2 heterocycles. The first-order valence-electron chi connectivity index (χ1n) is 8.66. The molecular formula is C17H17F3N4O4S. The SMILES string of the molecule is CCN1CCc2nc(NC(=O)c3cc(OCC(F)(F)F)ccc3[N+](=O)[O-])sc2C1. The van der Waals surface area contributed by atoms with Crippen LogP contribution in [0.3, 0.4) is 0 Å². The summed E-state index contributed by atoms with van der Waals surface area (Å²) in [7, 11) is 0. The number of carbonyl (C=O) groups is 1. The number of alkyl halides is 3. The number of aromatic nitrogens is 1. The standard InChI is InChI=1S/C17H17F3N4O4S/c1-2-23-6-5-12-14(8-23)29-16(21-12)22-15(25)11-7-10(28-9-17(18,19)20)3-4-13(11)24(26)27/h3-4,7H,2,5-6,8-9H2,1H3,(H,21,22,25). The van der Waals surface area contributed by atoms with E-state index < -0.39 is 34.9 Å². The van der Waals surface area contributed by atoms with Gasteiger partial charge in [0.05, 0.1) is 10.6 Å². The molecule has 1 aromatic carbocycles. The van der Waals surface area contributed by atoms with Crippen LogP contribution in [0.25, 0.3) is 0 Å². The molecule has 0 saturated heterocycles. The second-order valence-electron chi connectivity index (χ2n) is 6.30. The highest BCUT2D eigenvalue weighted by Gasteiger charge is 2.29. The average Bonchev–Trinajstić information content (AvgIpc) is 3.06. The first-order chi connectivity index (χ1) is 13.7. The van der Waals surface area contributed by atoms with Crippen LogP contribution in [0.5, 0.6) is 5.75 Å². The molecule has 0 saturated carbocycles. The lowest BCUT2D eigenvalue weighted by Gasteiger charge is -2.23. The fourth-order valence-corrected chi connectivity index (χ4v) is 3.89. The van der Waals surface area contributed by atoms with E-state index in [4.69, 9.17) is 0 Å². The third-order valence-corrected chi connectivity index (χ3v) is 5.29. The van der Waals surface area contributed by atoms with Crippen molar-refractivity contribution in [1.82, 2.24) is 9.88 Å². The van der Waals surface area contributed by atoms with Gasteiger partial charge in [-0.15, -0.1) is 11.3 Å². The van der Waals surface area contributed by atoms with Crippen molar-refractivity contribution in [2.75, 3.05) is 25.0 Å². The lowest BCUT2D eigenvalue weighted by molar-refractivity contribution is -0.385. The van der Waals surface area contributed by atoms with Crippen molar-refractivity contribution in [3.05, 3.63) is 44.4 Å². The van der Waals surface area contributed by atoms with Crippen LogP contribution in [0.15, 0.2) is 18.2 Å². The number of nitrogens with one attached hydrogen (secondary N) is 1. The summed E-state index contributed by atoms with van der Waals surface area (Å²) in [6.45, 7) is 2.92. The van der Waals surface area contributed by atoms with Crippen LogP contribution >= 0.6 is 11.3 Å². The predicted octanol–water partition coefficient (Wildman–Crippen LogP) is 3.62. The molecule has 1 amide bonds. The quantitative estimate of drug-likeness (QED) is 0.555. The van der Waals surface area contributed by atoms with Gasteiger partial charge in [-0.05, 0) is 18.7 Å². The fourth-order valence-electron chi connectivity index (χ4n) is 2.85. The Balaban J connectivity index is 1.80. The van der Waals surface area contributed by atoms with Crippen molar-refractivity contribution in [3.8, 4) is 5.75 Å². The number of rotatable bonds is 6. The van der Waals surface area contributed by atoms with Crippen molar-refractivity contribution in [2.24, 2.45) is 0 Å². The molecule has 3 rings (SSSR count). The van der Waals surface area contributed by atoms with E-state index in [2.05, 4.69) is 19.9 Å². The Hall–Kier alpha value is -2.73. The van der Waals surface area contributed by atoms with E-state index in [0.29, 0.717) is 6.54 Å². The highest BCUT2D eigenvalue weighted by molar-refractivity contribution is 7.15. The number of thiazole rings is 1. The van der Waals surface area contributed by atoms with Crippen LogP contribution in [0.2, 0.25) is 0 Å². The molecule has 0 radical (unpaired) electrons. The van der Waals surface area contributed by atoms with Crippen molar-refractivity contribution in [2.45, 2.75) is 26.1 Å². The highest BCUT2D eigenvalue weighted by Crippen LogP contribution is 2.30. The van der Waals surface area contributed by atoms with Gasteiger partial charge in [0.15, 0.2) is 11.7 Å². The summed E-state index contributed by atoms with van der Waals surface area (Å²) >= 11 is 1.27. The Bertz CT molecular complexity index is 932. The minimum atomic E-state index is -4.57. The number of carbonyl (C=O) groups excluding carboxylic acids is 1. The molecule has 0 spiro atoms. The third kappa shape index (κ3) is 5.21. The highest BCUT2D eigenvalue weighted by atomic mass is 32.1. The Labute approximate surface area is 167 Å². The van der Waals surface area contributed by atoms with Gasteiger partial charge < -0.3 is 4.74 Å². The number of ether oxygens (including phenoxy) is 1. The van der Waals surface area contributed by atoms with Crippen molar-refractivity contribution in [1.29, 1.82) is 0 Å². The molecule has 1 N–H and O–H groups in total. The summed E-state index contributed by atoms with van der Waals surface area (Å²) in [6, 6.07) is 2.88. The molecule has 0 bridgehead atoms. The van der Waals surface area contributed by atoms with E-state index in [1.165, 1.54) is 11.3 Å². The molecule has 0 atom stereocenters. The number of nitro groups is 1. The number of benzene rings is 1. The maximum atomic E-state index is 12.6. The predicted molar refractivity (Wildman–Crippen MR) is 99.4 cm³/mol. The molecule has 156 valence electrons. The monoisotopic (exact) mass is 430 g/mol. The van der Waals surface area contributed by atoms with Crippen molar-refractivity contribution < 1.29 is 27.6 Å². The van der Waals surface area contributed by atoms with Gasteiger partial charge in [-0.1, -0.05) is 6.92 Å². The van der Waals surface area contributed by atoms with E-state index in [1.54, 1.807) is 0 Å². The van der Waals surface area contributed by atoms with Gasteiger partial charge in [-0.25, -0.2) is 4.98 Å².